The number of hydrogen-bond donors (Lipinski definition) is 1. The van der Waals surface area contributed by atoms with Crippen molar-refractivity contribution < 1.29 is 4.42 Å². The van der Waals surface area contributed by atoms with Crippen LogP contribution in [0.15, 0.2) is 28.2 Å². The molecule has 0 spiro atoms. The van der Waals surface area contributed by atoms with Crippen LogP contribution in [0.5, 0.6) is 0 Å². The molecule has 0 amide bonds. The van der Waals surface area contributed by atoms with E-state index in [1.165, 1.54) is 0 Å². The van der Waals surface area contributed by atoms with Crippen LogP contribution >= 0.6 is 36.2 Å². The predicted octanol–water partition coefficient (Wildman–Crippen LogP) is 3.04. The topological polar surface area (TPSA) is 41.3 Å². The second kappa shape index (κ2) is 8.00. The van der Waals surface area contributed by atoms with Crippen molar-refractivity contribution in [2.45, 2.75) is 19.5 Å². The van der Waals surface area contributed by atoms with Gasteiger partial charge in [0, 0.05) is 37.6 Å². The van der Waals surface area contributed by atoms with Crippen LogP contribution in [0, 0.1) is 0 Å². The van der Waals surface area contributed by atoms with Gasteiger partial charge in [0.05, 0.1) is 12.0 Å². The Morgan fingerprint density at radius 1 is 1.50 bits per heavy atom. The van der Waals surface area contributed by atoms with Crippen LogP contribution in [-0.2, 0) is 6.54 Å². The van der Waals surface area contributed by atoms with E-state index in [4.69, 9.17) is 4.42 Å². The van der Waals surface area contributed by atoms with Gasteiger partial charge in [-0.15, -0.1) is 36.2 Å². The van der Waals surface area contributed by atoms with E-state index in [1.807, 2.05) is 12.1 Å². The maximum absolute atomic E-state index is 5.37. The first-order valence-electron chi connectivity index (χ1n) is 6.26. The maximum Gasteiger partial charge on any atom is 0.162 e. The van der Waals surface area contributed by atoms with Crippen molar-refractivity contribution >= 4 is 36.2 Å². The molecule has 0 aromatic carbocycles. The standard InChI is InChI=1S/C13H17N3OS.2ClH/c1-10-7-14-4-5-16(10)8-11-9-18-13(15-11)12-3-2-6-17-12;;/h2-3,6,9-10,14H,4-5,7-8H2,1H3;2*1H. The van der Waals surface area contributed by atoms with Gasteiger partial charge in [0.1, 0.15) is 0 Å². The smallest absolute Gasteiger partial charge is 0.162 e. The maximum atomic E-state index is 5.37. The van der Waals surface area contributed by atoms with Crippen molar-refractivity contribution in [2.24, 2.45) is 0 Å². The Kier molecular flexibility index (Phi) is 6.99. The summed E-state index contributed by atoms with van der Waals surface area (Å²) < 4.78 is 5.37. The lowest BCUT2D eigenvalue weighted by Gasteiger charge is -2.33. The first-order chi connectivity index (χ1) is 8.83. The van der Waals surface area contributed by atoms with Gasteiger partial charge >= 0.3 is 0 Å². The number of piperazine rings is 1. The third kappa shape index (κ3) is 3.96. The van der Waals surface area contributed by atoms with Crippen LogP contribution in [0.2, 0.25) is 0 Å². The summed E-state index contributed by atoms with van der Waals surface area (Å²) in [4.78, 5) is 7.11. The van der Waals surface area contributed by atoms with E-state index < -0.39 is 0 Å². The van der Waals surface area contributed by atoms with E-state index in [9.17, 15) is 0 Å². The van der Waals surface area contributed by atoms with Gasteiger partial charge in [-0.05, 0) is 19.1 Å². The molecule has 1 fully saturated rings. The molecule has 0 radical (unpaired) electrons. The molecule has 1 atom stereocenters. The van der Waals surface area contributed by atoms with Gasteiger partial charge in [0.15, 0.2) is 10.8 Å². The third-order valence-corrected chi connectivity index (χ3v) is 4.19. The fraction of sp³-hybridized carbons (Fsp3) is 0.462. The zero-order valence-corrected chi connectivity index (χ0v) is 13.7. The molecule has 2 aromatic rings. The molecule has 3 rings (SSSR count). The highest BCUT2D eigenvalue weighted by molar-refractivity contribution is 7.13. The highest BCUT2D eigenvalue weighted by Gasteiger charge is 2.19. The summed E-state index contributed by atoms with van der Waals surface area (Å²) >= 11 is 1.65. The van der Waals surface area contributed by atoms with Gasteiger partial charge in [-0.25, -0.2) is 4.98 Å². The van der Waals surface area contributed by atoms with Gasteiger partial charge in [0.2, 0.25) is 0 Å². The SMILES string of the molecule is CC1CNCCN1Cc1csc(-c2ccco2)n1.Cl.Cl. The number of nitrogens with one attached hydrogen (secondary N) is 1. The summed E-state index contributed by atoms with van der Waals surface area (Å²) in [6, 6.07) is 4.43. The van der Waals surface area contributed by atoms with Crippen molar-refractivity contribution in [2.75, 3.05) is 19.6 Å². The average molecular weight is 336 g/mol. The van der Waals surface area contributed by atoms with Crippen LogP contribution in [0.1, 0.15) is 12.6 Å². The lowest BCUT2D eigenvalue weighted by Crippen LogP contribution is -2.49. The van der Waals surface area contributed by atoms with Crippen LogP contribution in [0.4, 0.5) is 0 Å². The Morgan fingerprint density at radius 2 is 2.35 bits per heavy atom. The van der Waals surface area contributed by atoms with Crippen LogP contribution in [-0.4, -0.2) is 35.6 Å². The van der Waals surface area contributed by atoms with Crippen LogP contribution < -0.4 is 5.32 Å². The van der Waals surface area contributed by atoms with E-state index in [0.717, 1.165) is 42.6 Å². The Hall–Kier alpha value is -0.590. The molecule has 3 heterocycles. The van der Waals surface area contributed by atoms with E-state index in [1.54, 1.807) is 17.6 Å². The first kappa shape index (κ1) is 17.5. The van der Waals surface area contributed by atoms with Crippen molar-refractivity contribution in [1.29, 1.82) is 0 Å². The number of halogens is 2. The summed E-state index contributed by atoms with van der Waals surface area (Å²) in [5, 5.41) is 6.51. The second-order valence-electron chi connectivity index (χ2n) is 4.64. The highest BCUT2D eigenvalue weighted by atomic mass is 35.5. The van der Waals surface area contributed by atoms with Crippen molar-refractivity contribution in [3.63, 3.8) is 0 Å². The summed E-state index contributed by atoms with van der Waals surface area (Å²) in [6.45, 7) is 6.41. The molecule has 7 heteroatoms. The number of nitrogens with zero attached hydrogens (tertiary/aromatic N) is 2. The summed E-state index contributed by atoms with van der Waals surface area (Å²) in [5.41, 5.74) is 1.14. The molecular weight excluding hydrogens is 317 g/mol. The minimum atomic E-state index is 0. The average Bonchev–Trinajstić information content (AvgIpc) is 3.02. The van der Waals surface area contributed by atoms with Crippen molar-refractivity contribution in [3.05, 3.63) is 29.5 Å². The van der Waals surface area contributed by atoms with Crippen molar-refractivity contribution in [1.82, 2.24) is 15.2 Å². The lowest BCUT2D eigenvalue weighted by atomic mass is 10.2. The predicted molar refractivity (Wildman–Crippen MR) is 87.1 cm³/mol. The minimum Gasteiger partial charge on any atom is -0.462 e. The zero-order chi connectivity index (χ0) is 12.4. The molecule has 1 aliphatic heterocycles. The minimum absolute atomic E-state index is 0. The quantitative estimate of drug-likeness (QED) is 0.935. The molecule has 1 aliphatic rings. The van der Waals surface area contributed by atoms with Gasteiger partial charge in [-0.1, -0.05) is 0 Å². The molecule has 4 nitrogen and oxygen atoms in total. The third-order valence-electron chi connectivity index (χ3n) is 3.29. The monoisotopic (exact) mass is 335 g/mol. The number of aromatic nitrogens is 1. The van der Waals surface area contributed by atoms with E-state index in [-0.39, 0.29) is 24.8 Å². The van der Waals surface area contributed by atoms with Gasteiger partial charge in [0.25, 0.3) is 0 Å². The van der Waals surface area contributed by atoms with Gasteiger partial charge in [-0.3, -0.25) is 4.90 Å². The summed E-state index contributed by atoms with van der Waals surface area (Å²) in [6.07, 6.45) is 1.69. The van der Waals surface area contributed by atoms with Gasteiger partial charge in [-0.2, -0.15) is 0 Å². The number of hydrogen-bond acceptors (Lipinski definition) is 5. The number of furan rings is 1. The number of rotatable bonds is 3. The zero-order valence-electron chi connectivity index (χ0n) is 11.2. The Balaban J connectivity index is 0.000001000. The Labute approximate surface area is 135 Å². The number of thiazole rings is 1. The second-order valence-corrected chi connectivity index (χ2v) is 5.50. The molecule has 0 aliphatic carbocycles. The molecule has 20 heavy (non-hydrogen) atoms. The fourth-order valence-electron chi connectivity index (χ4n) is 2.22. The van der Waals surface area contributed by atoms with E-state index >= 15 is 0 Å². The van der Waals surface area contributed by atoms with E-state index in [0.29, 0.717) is 6.04 Å². The largest absolute Gasteiger partial charge is 0.462 e. The van der Waals surface area contributed by atoms with Crippen molar-refractivity contribution in [3.8, 4) is 10.8 Å². The molecule has 1 N–H and O–H groups in total. The molecule has 112 valence electrons. The summed E-state index contributed by atoms with van der Waals surface area (Å²) in [7, 11) is 0. The Morgan fingerprint density at radius 3 is 3.05 bits per heavy atom. The lowest BCUT2D eigenvalue weighted by molar-refractivity contribution is 0.164. The molecular formula is C13H19Cl2N3OS. The van der Waals surface area contributed by atoms with Gasteiger partial charge < -0.3 is 9.73 Å². The van der Waals surface area contributed by atoms with Crippen LogP contribution in [0.3, 0.4) is 0 Å². The summed E-state index contributed by atoms with van der Waals surface area (Å²) in [5.74, 6) is 0.861. The van der Waals surface area contributed by atoms with E-state index in [2.05, 4.69) is 27.5 Å². The molecule has 2 aromatic heterocycles. The highest BCUT2D eigenvalue weighted by Crippen LogP contribution is 2.24. The molecule has 0 saturated carbocycles. The normalized spacial score (nSPS) is 19.1. The first-order valence-corrected chi connectivity index (χ1v) is 7.14. The van der Waals surface area contributed by atoms with Crippen LogP contribution in [0.25, 0.3) is 10.8 Å². The molecule has 1 saturated heterocycles. The molecule has 0 bridgehead atoms. The Bertz CT molecular complexity index is 503. The molecule has 1 unspecified atom stereocenters. The fourth-order valence-corrected chi connectivity index (χ4v) is 3.00.